The first-order chi connectivity index (χ1) is 26.0. The average Bonchev–Trinajstić information content (AvgIpc) is 3.67. The SMILES string of the molecule is CCOc1ccccc1CNCCC[C@H](NC(=O)c1ccc(CN(Cc2ncc[nH]2)C(=O)OC(C)(C)C)cc1)C(=O)N[C@@H](C)c1cccc2ccccc12. The lowest BCUT2D eigenvalue weighted by atomic mass is 9.99. The van der Waals surface area contributed by atoms with E-state index in [9.17, 15) is 14.4 Å². The molecule has 5 rings (SSSR count). The third-order valence-electron chi connectivity index (χ3n) is 8.84. The first kappa shape index (κ1) is 39.5. The number of amides is 3. The molecule has 0 aliphatic rings. The summed E-state index contributed by atoms with van der Waals surface area (Å²) in [6.07, 6.45) is 3.93. The molecule has 4 aromatic carbocycles. The van der Waals surface area contributed by atoms with Crippen molar-refractivity contribution in [2.75, 3.05) is 13.2 Å². The van der Waals surface area contributed by atoms with Crippen molar-refractivity contribution >= 4 is 28.7 Å². The van der Waals surface area contributed by atoms with Crippen LogP contribution < -0.4 is 20.7 Å². The number of aromatic amines is 1. The summed E-state index contributed by atoms with van der Waals surface area (Å²) in [5.41, 5.74) is 2.60. The number of rotatable bonds is 17. The molecule has 0 fully saturated rings. The molecule has 0 radical (unpaired) electrons. The molecule has 2 atom stereocenters. The molecule has 0 saturated carbocycles. The van der Waals surface area contributed by atoms with E-state index in [1.54, 1.807) is 41.6 Å². The van der Waals surface area contributed by atoms with Crippen LogP contribution >= 0.6 is 0 Å². The first-order valence-electron chi connectivity index (χ1n) is 18.6. The molecule has 11 heteroatoms. The van der Waals surface area contributed by atoms with Crippen LogP contribution in [0.1, 0.15) is 86.4 Å². The highest BCUT2D eigenvalue weighted by Gasteiger charge is 2.25. The fourth-order valence-corrected chi connectivity index (χ4v) is 6.19. The van der Waals surface area contributed by atoms with Crippen LogP contribution in [0.2, 0.25) is 0 Å². The molecular formula is C43H52N6O5. The van der Waals surface area contributed by atoms with Crippen molar-refractivity contribution in [1.29, 1.82) is 0 Å². The highest BCUT2D eigenvalue weighted by Crippen LogP contribution is 2.24. The van der Waals surface area contributed by atoms with E-state index in [-0.39, 0.29) is 30.9 Å². The molecule has 0 unspecified atom stereocenters. The summed E-state index contributed by atoms with van der Waals surface area (Å²) in [5.74, 6) is 0.854. The number of carbonyl (C=O) groups excluding carboxylic acids is 3. The monoisotopic (exact) mass is 732 g/mol. The van der Waals surface area contributed by atoms with Gasteiger partial charge in [0.25, 0.3) is 5.91 Å². The molecular weight excluding hydrogens is 681 g/mol. The van der Waals surface area contributed by atoms with Gasteiger partial charge in [-0.25, -0.2) is 9.78 Å². The second kappa shape index (κ2) is 18.9. The minimum absolute atomic E-state index is 0.228. The maximum absolute atomic E-state index is 13.9. The van der Waals surface area contributed by atoms with Crippen molar-refractivity contribution < 1.29 is 23.9 Å². The Balaban J connectivity index is 1.26. The van der Waals surface area contributed by atoms with Crippen LogP contribution in [0.25, 0.3) is 10.8 Å². The minimum atomic E-state index is -0.775. The molecule has 1 aromatic heterocycles. The van der Waals surface area contributed by atoms with Gasteiger partial charge in [0.2, 0.25) is 5.91 Å². The Labute approximate surface area is 317 Å². The van der Waals surface area contributed by atoms with Gasteiger partial charge in [-0.05, 0) is 94.1 Å². The summed E-state index contributed by atoms with van der Waals surface area (Å²) in [6.45, 7) is 11.7. The quantitative estimate of drug-likeness (QED) is 0.0730. The number of nitrogens with zero attached hydrogens (tertiary/aromatic N) is 2. The summed E-state index contributed by atoms with van der Waals surface area (Å²) in [6, 6.07) is 28.0. The Morgan fingerprint density at radius 2 is 1.63 bits per heavy atom. The van der Waals surface area contributed by atoms with E-state index in [4.69, 9.17) is 9.47 Å². The Bertz CT molecular complexity index is 1970. The van der Waals surface area contributed by atoms with Crippen LogP contribution in [0.15, 0.2) is 103 Å². The van der Waals surface area contributed by atoms with E-state index in [2.05, 4.69) is 44.1 Å². The second-order valence-corrected chi connectivity index (χ2v) is 14.3. The van der Waals surface area contributed by atoms with Crippen molar-refractivity contribution in [2.24, 2.45) is 0 Å². The lowest BCUT2D eigenvalue weighted by molar-refractivity contribution is -0.123. The normalized spacial score (nSPS) is 12.5. The molecule has 0 bridgehead atoms. The third-order valence-corrected chi connectivity index (χ3v) is 8.84. The molecule has 0 aliphatic carbocycles. The Morgan fingerprint density at radius 1 is 0.889 bits per heavy atom. The molecule has 54 heavy (non-hydrogen) atoms. The second-order valence-electron chi connectivity index (χ2n) is 14.3. The highest BCUT2D eigenvalue weighted by molar-refractivity contribution is 5.97. The first-order valence-corrected chi connectivity index (χ1v) is 18.6. The van der Waals surface area contributed by atoms with E-state index in [0.717, 1.165) is 33.2 Å². The Morgan fingerprint density at radius 3 is 2.37 bits per heavy atom. The Kier molecular flexibility index (Phi) is 13.8. The van der Waals surface area contributed by atoms with E-state index in [0.29, 0.717) is 43.9 Å². The minimum Gasteiger partial charge on any atom is -0.494 e. The number of fused-ring (bicyclic) bond motifs is 1. The lowest BCUT2D eigenvalue weighted by Gasteiger charge is -2.27. The fourth-order valence-electron chi connectivity index (χ4n) is 6.19. The molecule has 284 valence electrons. The molecule has 5 aromatic rings. The number of nitrogens with one attached hydrogen (secondary N) is 4. The summed E-state index contributed by atoms with van der Waals surface area (Å²) in [4.78, 5) is 49.5. The van der Waals surface area contributed by atoms with Crippen molar-refractivity contribution in [1.82, 2.24) is 30.8 Å². The fraction of sp³-hybridized carbons (Fsp3) is 0.349. The van der Waals surface area contributed by atoms with Gasteiger partial charge in [0, 0.05) is 36.6 Å². The van der Waals surface area contributed by atoms with Gasteiger partial charge in [0.15, 0.2) is 0 Å². The lowest BCUT2D eigenvalue weighted by Crippen LogP contribution is -2.47. The summed E-state index contributed by atoms with van der Waals surface area (Å²) >= 11 is 0. The van der Waals surface area contributed by atoms with Crippen LogP contribution in [-0.4, -0.2) is 57.6 Å². The van der Waals surface area contributed by atoms with Crippen LogP contribution in [0.5, 0.6) is 5.75 Å². The molecule has 1 heterocycles. The number of benzene rings is 4. The molecule has 0 saturated heterocycles. The van der Waals surface area contributed by atoms with Crippen molar-refractivity contribution in [3.8, 4) is 5.75 Å². The van der Waals surface area contributed by atoms with Gasteiger partial charge in [-0.1, -0.05) is 72.8 Å². The zero-order valence-corrected chi connectivity index (χ0v) is 31.9. The number of hydrogen-bond acceptors (Lipinski definition) is 7. The number of H-pyrrole nitrogens is 1. The highest BCUT2D eigenvalue weighted by atomic mass is 16.6. The number of imidazole rings is 1. The van der Waals surface area contributed by atoms with Gasteiger partial charge in [0.1, 0.15) is 23.2 Å². The topological polar surface area (TPSA) is 138 Å². The molecule has 11 nitrogen and oxygen atoms in total. The van der Waals surface area contributed by atoms with Gasteiger partial charge >= 0.3 is 6.09 Å². The zero-order chi connectivity index (χ0) is 38.5. The van der Waals surface area contributed by atoms with Crippen LogP contribution in [-0.2, 0) is 29.2 Å². The average molecular weight is 733 g/mol. The van der Waals surface area contributed by atoms with Gasteiger partial charge < -0.3 is 30.4 Å². The van der Waals surface area contributed by atoms with Crippen molar-refractivity contribution in [2.45, 2.75) is 84.8 Å². The third kappa shape index (κ3) is 11.4. The van der Waals surface area contributed by atoms with E-state index in [1.165, 1.54) is 0 Å². The van der Waals surface area contributed by atoms with Gasteiger partial charge in [-0.3, -0.25) is 14.5 Å². The maximum Gasteiger partial charge on any atom is 0.410 e. The summed E-state index contributed by atoms with van der Waals surface area (Å²) < 4.78 is 11.4. The number of aromatic nitrogens is 2. The molecule has 0 aliphatic heterocycles. The van der Waals surface area contributed by atoms with Gasteiger partial charge in [-0.2, -0.15) is 0 Å². The number of para-hydroxylation sites is 1. The largest absolute Gasteiger partial charge is 0.494 e. The number of ether oxygens (including phenoxy) is 2. The van der Waals surface area contributed by atoms with Crippen LogP contribution in [0, 0.1) is 0 Å². The molecule has 3 amide bonds. The smallest absolute Gasteiger partial charge is 0.410 e. The summed E-state index contributed by atoms with van der Waals surface area (Å²) in [7, 11) is 0. The van der Waals surface area contributed by atoms with Crippen LogP contribution in [0.4, 0.5) is 4.79 Å². The summed E-state index contributed by atoms with van der Waals surface area (Å²) in [5, 5.41) is 11.8. The standard InChI is InChI=1S/C43H52N6O5/c1-6-53-38-19-10-8-14-34(38)27-44-24-12-18-37(41(51)47-30(2)35-17-11-15-32-13-7-9-16-36(32)35)48-40(50)33-22-20-31(21-23-33)28-49(29-39-45-25-26-46-39)42(52)54-43(3,4)5/h7-11,13-17,19-23,25-26,30,37,44H,6,12,18,24,27-29H2,1-5H3,(H,45,46)(H,47,51)(H,48,50)/t30-,37-/m0/s1. The van der Waals surface area contributed by atoms with E-state index >= 15 is 0 Å². The van der Waals surface area contributed by atoms with Gasteiger partial charge in [-0.15, -0.1) is 0 Å². The number of carbonyl (C=O) groups is 3. The van der Waals surface area contributed by atoms with Crippen molar-refractivity contribution in [3.05, 3.63) is 131 Å². The van der Waals surface area contributed by atoms with E-state index < -0.39 is 17.7 Å². The predicted molar refractivity (Wildman–Crippen MR) is 211 cm³/mol. The molecule has 4 N–H and O–H groups in total. The Hall–Kier alpha value is -5.68. The maximum atomic E-state index is 13.9. The molecule has 0 spiro atoms. The van der Waals surface area contributed by atoms with Crippen LogP contribution in [0.3, 0.4) is 0 Å². The number of hydrogen-bond donors (Lipinski definition) is 4. The van der Waals surface area contributed by atoms with Gasteiger partial charge in [0.05, 0.1) is 19.2 Å². The van der Waals surface area contributed by atoms with Crippen molar-refractivity contribution in [3.63, 3.8) is 0 Å². The predicted octanol–water partition coefficient (Wildman–Crippen LogP) is 7.44. The zero-order valence-electron chi connectivity index (χ0n) is 31.9. The van der Waals surface area contributed by atoms with E-state index in [1.807, 2.05) is 83.1 Å².